The van der Waals surface area contributed by atoms with Crippen LogP contribution in [-0.4, -0.2) is 9.97 Å². The zero-order chi connectivity index (χ0) is 25.8. The van der Waals surface area contributed by atoms with Crippen molar-refractivity contribution in [3.63, 3.8) is 0 Å². The largest absolute Gasteiger partial charge is 0.456 e. The highest BCUT2D eigenvalue weighted by atomic mass is 16.3. The van der Waals surface area contributed by atoms with Crippen LogP contribution in [0.2, 0.25) is 0 Å². The van der Waals surface area contributed by atoms with Gasteiger partial charge in [0, 0.05) is 21.9 Å². The van der Waals surface area contributed by atoms with E-state index in [0.29, 0.717) is 0 Å². The van der Waals surface area contributed by atoms with Gasteiger partial charge >= 0.3 is 0 Å². The van der Waals surface area contributed by atoms with E-state index >= 15 is 0 Å². The van der Waals surface area contributed by atoms with Crippen LogP contribution in [0.15, 0.2) is 138 Å². The Labute approximate surface area is 225 Å². The summed E-state index contributed by atoms with van der Waals surface area (Å²) in [6, 6.07) is 46.0. The normalized spacial score (nSPS) is 11.6. The lowest BCUT2D eigenvalue weighted by atomic mass is 9.90. The number of furan rings is 1. The summed E-state index contributed by atoms with van der Waals surface area (Å²) in [6.07, 6.45) is 0. The van der Waals surface area contributed by atoms with E-state index in [9.17, 15) is 0 Å². The van der Waals surface area contributed by atoms with E-state index in [1.165, 1.54) is 10.9 Å². The summed E-state index contributed by atoms with van der Waals surface area (Å²) in [6.45, 7) is 0. The summed E-state index contributed by atoms with van der Waals surface area (Å²) < 4.78 is 6.21. The summed E-state index contributed by atoms with van der Waals surface area (Å²) in [5, 5.41) is 4.58. The maximum atomic E-state index is 6.21. The second-order valence-corrected chi connectivity index (χ2v) is 9.76. The van der Waals surface area contributed by atoms with Crippen molar-refractivity contribution in [3.05, 3.63) is 133 Å². The van der Waals surface area contributed by atoms with Crippen LogP contribution in [0.25, 0.3) is 77.4 Å². The fourth-order valence-electron chi connectivity index (χ4n) is 5.72. The average Bonchev–Trinajstić information content (AvgIpc) is 3.39. The minimum Gasteiger partial charge on any atom is -0.456 e. The molecular formula is C36H22N2O. The summed E-state index contributed by atoms with van der Waals surface area (Å²) in [4.78, 5) is 10.3. The molecule has 0 fully saturated rings. The monoisotopic (exact) mass is 498 g/mol. The third kappa shape index (κ3) is 3.44. The van der Waals surface area contributed by atoms with Crippen LogP contribution in [0.1, 0.15) is 0 Å². The van der Waals surface area contributed by atoms with Crippen molar-refractivity contribution in [2.24, 2.45) is 0 Å². The predicted molar refractivity (Wildman–Crippen MR) is 161 cm³/mol. The third-order valence-corrected chi connectivity index (χ3v) is 7.49. The van der Waals surface area contributed by atoms with Gasteiger partial charge in [-0.25, -0.2) is 9.97 Å². The third-order valence-electron chi connectivity index (χ3n) is 7.49. The summed E-state index contributed by atoms with van der Waals surface area (Å²) in [5.74, 6) is 0. The van der Waals surface area contributed by atoms with Crippen LogP contribution in [0.4, 0.5) is 0 Å². The molecule has 0 aliphatic carbocycles. The molecule has 0 aliphatic heterocycles. The van der Waals surface area contributed by atoms with Crippen LogP contribution < -0.4 is 0 Å². The van der Waals surface area contributed by atoms with Crippen LogP contribution in [0, 0.1) is 0 Å². The van der Waals surface area contributed by atoms with E-state index in [4.69, 9.17) is 14.4 Å². The molecule has 0 saturated heterocycles. The number of aromatic nitrogens is 2. The van der Waals surface area contributed by atoms with E-state index < -0.39 is 0 Å². The predicted octanol–water partition coefficient (Wildman–Crippen LogP) is 9.68. The topological polar surface area (TPSA) is 38.9 Å². The van der Waals surface area contributed by atoms with Gasteiger partial charge in [0.25, 0.3) is 0 Å². The molecule has 0 aliphatic rings. The van der Waals surface area contributed by atoms with Crippen LogP contribution in [0.5, 0.6) is 0 Å². The molecule has 182 valence electrons. The first-order chi connectivity index (χ1) is 19.3. The Balaban J connectivity index is 1.43. The molecule has 6 aromatic carbocycles. The van der Waals surface area contributed by atoms with Crippen molar-refractivity contribution >= 4 is 43.7 Å². The van der Waals surface area contributed by atoms with Gasteiger partial charge in [-0.1, -0.05) is 109 Å². The van der Waals surface area contributed by atoms with Crippen molar-refractivity contribution in [1.82, 2.24) is 9.97 Å². The molecule has 0 amide bonds. The Morgan fingerprint density at radius 3 is 1.77 bits per heavy atom. The number of benzene rings is 6. The van der Waals surface area contributed by atoms with Crippen molar-refractivity contribution < 1.29 is 4.42 Å². The average molecular weight is 499 g/mol. The highest BCUT2D eigenvalue weighted by Gasteiger charge is 2.19. The van der Waals surface area contributed by atoms with Gasteiger partial charge in [-0.2, -0.15) is 0 Å². The molecule has 0 spiro atoms. The standard InChI is InChI=1S/C36H22N2O/c1-2-11-23(12-3-1)35-36(38-31-18-8-7-17-30(31)37-35)28-22-21-26(24-13-4-5-14-25(24)28)27-16-10-20-33-34(27)29-15-6-9-19-32(29)39-33/h1-22H. The molecule has 3 heteroatoms. The molecule has 0 atom stereocenters. The van der Waals surface area contributed by atoms with E-state index in [0.717, 1.165) is 66.4 Å². The van der Waals surface area contributed by atoms with E-state index in [1.54, 1.807) is 0 Å². The first-order valence-corrected chi connectivity index (χ1v) is 13.1. The van der Waals surface area contributed by atoms with Crippen molar-refractivity contribution in [2.75, 3.05) is 0 Å². The number of hydrogen-bond donors (Lipinski definition) is 0. The number of hydrogen-bond acceptors (Lipinski definition) is 3. The zero-order valence-electron chi connectivity index (χ0n) is 21.0. The Bertz CT molecular complexity index is 2180. The lowest BCUT2D eigenvalue weighted by molar-refractivity contribution is 0.669. The van der Waals surface area contributed by atoms with Gasteiger partial charge in [-0.15, -0.1) is 0 Å². The molecular weight excluding hydrogens is 476 g/mol. The highest BCUT2D eigenvalue weighted by molar-refractivity contribution is 6.16. The minimum absolute atomic E-state index is 0.884. The molecule has 8 rings (SSSR count). The molecule has 39 heavy (non-hydrogen) atoms. The molecule has 2 heterocycles. The molecule has 0 radical (unpaired) electrons. The zero-order valence-corrected chi connectivity index (χ0v) is 21.0. The van der Waals surface area contributed by atoms with Gasteiger partial charge in [0.2, 0.25) is 0 Å². The fourth-order valence-corrected chi connectivity index (χ4v) is 5.72. The second-order valence-electron chi connectivity index (χ2n) is 9.76. The first kappa shape index (κ1) is 21.8. The van der Waals surface area contributed by atoms with Gasteiger partial charge in [-0.05, 0) is 46.2 Å². The maximum Gasteiger partial charge on any atom is 0.136 e. The Hall–Kier alpha value is -5.28. The molecule has 0 bridgehead atoms. The number of nitrogens with zero attached hydrogens (tertiary/aromatic N) is 2. The Kier molecular flexibility index (Phi) is 4.82. The molecule has 8 aromatic rings. The molecule has 0 saturated carbocycles. The quantitative estimate of drug-likeness (QED) is 0.243. The van der Waals surface area contributed by atoms with Crippen molar-refractivity contribution in [3.8, 4) is 33.6 Å². The number of para-hydroxylation sites is 3. The van der Waals surface area contributed by atoms with Gasteiger partial charge in [0.05, 0.1) is 22.4 Å². The molecule has 0 unspecified atom stereocenters. The SMILES string of the molecule is c1ccc(-c2nc3ccccc3nc2-c2ccc(-c3cccc4oc5ccccc5c34)c3ccccc23)cc1. The van der Waals surface area contributed by atoms with Crippen molar-refractivity contribution in [2.45, 2.75) is 0 Å². The van der Waals surface area contributed by atoms with E-state index in [2.05, 4.69) is 72.8 Å². The Morgan fingerprint density at radius 1 is 0.385 bits per heavy atom. The lowest BCUT2D eigenvalue weighted by Gasteiger charge is -2.15. The first-order valence-electron chi connectivity index (χ1n) is 13.1. The second kappa shape index (κ2) is 8.64. The van der Waals surface area contributed by atoms with Crippen LogP contribution in [-0.2, 0) is 0 Å². The van der Waals surface area contributed by atoms with Crippen LogP contribution in [0.3, 0.4) is 0 Å². The summed E-state index contributed by atoms with van der Waals surface area (Å²) in [7, 11) is 0. The molecule has 3 nitrogen and oxygen atoms in total. The highest BCUT2D eigenvalue weighted by Crippen LogP contribution is 2.42. The fraction of sp³-hybridized carbons (Fsp3) is 0. The van der Waals surface area contributed by atoms with E-state index in [1.807, 2.05) is 60.7 Å². The Morgan fingerprint density at radius 2 is 0.974 bits per heavy atom. The van der Waals surface area contributed by atoms with Gasteiger partial charge in [0.1, 0.15) is 11.2 Å². The van der Waals surface area contributed by atoms with Crippen molar-refractivity contribution in [1.29, 1.82) is 0 Å². The number of rotatable bonds is 3. The smallest absolute Gasteiger partial charge is 0.136 e. The summed E-state index contributed by atoms with van der Waals surface area (Å²) >= 11 is 0. The van der Waals surface area contributed by atoms with Gasteiger partial charge in [-0.3, -0.25) is 0 Å². The summed E-state index contributed by atoms with van der Waals surface area (Å²) in [5.41, 5.74) is 9.78. The molecule has 0 N–H and O–H groups in total. The van der Waals surface area contributed by atoms with Gasteiger partial charge < -0.3 is 4.42 Å². The number of fused-ring (bicyclic) bond motifs is 5. The van der Waals surface area contributed by atoms with Crippen LogP contribution >= 0.6 is 0 Å². The lowest BCUT2D eigenvalue weighted by Crippen LogP contribution is -1.96. The van der Waals surface area contributed by atoms with Gasteiger partial charge in [0.15, 0.2) is 0 Å². The maximum absolute atomic E-state index is 6.21. The molecule has 2 aromatic heterocycles. The van der Waals surface area contributed by atoms with E-state index in [-0.39, 0.29) is 0 Å². The minimum atomic E-state index is 0.884.